The molecule has 2 amide bonds. The van der Waals surface area contributed by atoms with Gasteiger partial charge >= 0.3 is 0 Å². The zero-order chi connectivity index (χ0) is 19.1. The van der Waals surface area contributed by atoms with E-state index in [-0.39, 0.29) is 36.6 Å². The molecule has 144 valence electrons. The summed E-state index contributed by atoms with van der Waals surface area (Å²) < 4.78 is 16.7. The van der Waals surface area contributed by atoms with Crippen LogP contribution in [0.1, 0.15) is 30.3 Å². The topological polar surface area (TPSA) is 81.0 Å². The Hall–Kier alpha value is -2.96. The van der Waals surface area contributed by atoms with Crippen molar-refractivity contribution in [1.82, 2.24) is 10.2 Å². The first-order chi connectivity index (χ1) is 13.2. The third kappa shape index (κ3) is 5.03. The predicted molar refractivity (Wildman–Crippen MR) is 98.9 cm³/mol. The van der Waals surface area contributed by atoms with Crippen LogP contribution in [0, 0.1) is 0 Å². The van der Waals surface area contributed by atoms with E-state index in [1.807, 2.05) is 31.2 Å². The van der Waals surface area contributed by atoms with Crippen LogP contribution in [-0.2, 0) is 4.79 Å². The number of rotatable bonds is 8. The van der Waals surface area contributed by atoms with Crippen LogP contribution in [0.3, 0.4) is 0 Å². The van der Waals surface area contributed by atoms with Gasteiger partial charge in [0.2, 0.25) is 5.91 Å². The molecule has 7 heteroatoms. The van der Waals surface area contributed by atoms with Gasteiger partial charge in [-0.1, -0.05) is 19.1 Å². The second kappa shape index (κ2) is 9.12. The number of nitrogens with zero attached hydrogens (tertiary/aromatic N) is 1. The number of furan rings is 1. The molecular weight excluding hydrogens is 348 g/mol. The number of benzene rings is 1. The van der Waals surface area contributed by atoms with Crippen molar-refractivity contribution in [3.63, 3.8) is 0 Å². The van der Waals surface area contributed by atoms with Crippen molar-refractivity contribution >= 4 is 11.8 Å². The Morgan fingerprint density at radius 3 is 2.74 bits per heavy atom. The summed E-state index contributed by atoms with van der Waals surface area (Å²) in [4.78, 5) is 26.2. The number of fused-ring (bicyclic) bond motifs is 1. The molecule has 7 nitrogen and oxygen atoms in total. The van der Waals surface area contributed by atoms with Gasteiger partial charge in [-0.3, -0.25) is 9.59 Å². The molecule has 0 spiro atoms. The van der Waals surface area contributed by atoms with Gasteiger partial charge in [0.25, 0.3) is 5.91 Å². The van der Waals surface area contributed by atoms with E-state index in [9.17, 15) is 9.59 Å². The largest absolute Gasteiger partial charge is 0.486 e. The minimum Gasteiger partial charge on any atom is -0.486 e. The van der Waals surface area contributed by atoms with Crippen molar-refractivity contribution in [1.29, 1.82) is 0 Å². The van der Waals surface area contributed by atoms with Crippen LogP contribution in [0.5, 0.6) is 11.5 Å². The first kappa shape index (κ1) is 18.8. The van der Waals surface area contributed by atoms with Gasteiger partial charge in [0.15, 0.2) is 23.4 Å². The lowest BCUT2D eigenvalue weighted by Gasteiger charge is -2.31. The van der Waals surface area contributed by atoms with Crippen molar-refractivity contribution < 1.29 is 23.5 Å². The van der Waals surface area contributed by atoms with E-state index in [4.69, 9.17) is 13.9 Å². The van der Waals surface area contributed by atoms with Gasteiger partial charge < -0.3 is 24.1 Å². The third-order valence-electron chi connectivity index (χ3n) is 4.21. The lowest BCUT2D eigenvalue weighted by molar-refractivity contribution is -0.132. The highest BCUT2D eigenvalue weighted by atomic mass is 16.6. The van der Waals surface area contributed by atoms with Crippen molar-refractivity contribution in [2.24, 2.45) is 0 Å². The molecule has 0 saturated carbocycles. The number of carbonyl (C=O) groups is 2. The van der Waals surface area contributed by atoms with Gasteiger partial charge in [0.05, 0.1) is 12.8 Å². The quantitative estimate of drug-likeness (QED) is 0.770. The summed E-state index contributed by atoms with van der Waals surface area (Å²) in [6, 6.07) is 10.7. The summed E-state index contributed by atoms with van der Waals surface area (Å²) in [6.07, 6.45) is 2.28. The average Bonchev–Trinajstić information content (AvgIpc) is 3.22. The van der Waals surface area contributed by atoms with Crippen molar-refractivity contribution in [2.75, 3.05) is 26.2 Å². The zero-order valence-electron chi connectivity index (χ0n) is 15.3. The molecule has 3 rings (SSSR count). The summed E-state index contributed by atoms with van der Waals surface area (Å²) in [6.45, 7) is 3.76. The van der Waals surface area contributed by atoms with Crippen LogP contribution in [0.2, 0.25) is 0 Å². The standard InChI is InChI=1S/C20H24N2O5/c1-2-11-22(13-15-14-26-16-6-3-4-7-17(16)27-15)19(23)9-10-21-20(24)18-8-5-12-25-18/h3-8,12,15H,2,9-11,13-14H2,1H3,(H,21,24). The molecule has 0 fully saturated rings. The van der Waals surface area contributed by atoms with Crippen LogP contribution < -0.4 is 14.8 Å². The molecule has 0 aliphatic carbocycles. The number of ether oxygens (including phenoxy) is 2. The molecule has 1 unspecified atom stereocenters. The first-order valence-corrected chi connectivity index (χ1v) is 9.15. The Morgan fingerprint density at radius 2 is 2.00 bits per heavy atom. The first-order valence-electron chi connectivity index (χ1n) is 9.15. The van der Waals surface area contributed by atoms with Gasteiger partial charge in [0.1, 0.15) is 6.61 Å². The average molecular weight is 372 g/mol. The molecule has 27 heavy (non-hydrogen) atoms. The number of amides is 2. The number of hydrogen-bond donors (Lipinski definition) is 1. The second-order valence-corrected chi connectivity index (χ2v) is 6.32. The van der Waals surface area contributed by atoms with Crippen molar-refractivity contribution in [3.05, 3.63) is 48.4 Å². The van der Waals surface area contributed by atoms with Crippen LogP contribution in [0.4, 0.5) is 0 Å². The molecule has 1 atom stereocenters. The summed E-state index contributed by atoms with van der Waals surface area (Å²) in [7, 11) is 0. The summed E-state index contributed by atoms with van der Waals surface area (Å²) in [5.74, 6) is 1.31. The zero-order valence-corrected chi connectivity index (χ0v) is 15.3. The molecule has 1 aromatic carbocycles. The molecule has 0 radical (unpaired) electrons. The monoisotopic (exact) mass is 372 g/mol. The predicted octanol–water partition coefficient (Wildman–Crippen LogP) is 2.48. The summed E-state index contributed by atoms with van der Waals surface area (Å²) >= 11 is 0. The summed E-state index contributed by atoms with van der Waals surface area (Å²) in [5.41, 5.74) is 0. The van der Waals surface area contributed by atoms with Gasteiger partial charge in [-0.15, -0.1) is 0 Å². The molecule has 1 aliphatic heterocycles. The van der Waals surface area contributed by atoms with Crippen molar-refractivity contribution in [3.8, 4) is 11.5 Å². The van der Waals surface area contributed by atoms with Gasteiger partial charge in [-0.05, 0) is 30.7 Å². The minimum absolute atomic E-state index is 0.0287. The SMILES string of the molecule is CCCN(CC1COc2ccccc2O1)C(=O)CCNC(=O)c1ccco1. The highest BCUT2D eigenvalue weighted by Crippen LogP contribution is 2.31. The maximum Gasteiger partial charge on any atom is 0.286 e. The smallest absolute Gasteiger partial charge is 0.286 e. The molecule has 2 aromatic rings. The Morgan fingerprint density at radius 1 is 1.19 bits per heavy atom. The van der Waals surface area contributed by atoms with Crippen molar-refractivity contribution in [2.45, 2.75) is 25.9 Å². The van der Waals surface area contributed by atoms with Crippen LogP contribution in [0.25, 0.3) is 0 Å². The fourth-order valence-electron chi connectivity index (χ4n) is 2.92. The molecule has 1 aliphatic rings. The Bertz CT molecular complexity index is 759. The highest BCUT2D eigenvalue weighted by Gasteiger charge is 2.25. The van der Waals surface area contributed by atoms with E-state index in [0.717, 1.165) is 12.2 Å². The van der Waals surface area contributed by atoms with E-state index in [1.165, 1.54) is 6.26 Å². The maximum atomic E-state index is 12.6. The minimum atomic E-state index is -0.324. The lowest BCUT2D eigenvalue weighted by atomic mass is 10.2. The molecule has 1 N–H and O–H groups in total. The number of carbonyl (C=O) groups excluding carboxylic acids is 2. The van der Waals surface area contributed by atoms with Crippen LogP contribution >= 0.6 is 0 Å². The number of nitrogens with one attached hydrogen (secondary N) is 1. The molecule has 2 heterocycles. The van der Waals surface area contributed by atoms with E-state index < -0.39 is 0 Å². The van der Waals surface area contributed by atoms with Crippen LogP contribution in [0.15, 0.2) is 47.1 Å². The van der Waals surface area contributed by atoms with Gasteiger partial charge in [-0.25, -0.2) is 0 Å². The highest BCUT2D eigenvalue weighted by molar-refractivity contribution is 5.91. The maximum absolute atomic E-state index is 12.6. The Balaban J connectivity index is 1.49. The number of para-hydroxylation sites is 2. The van der Waals surface area contributed by atoms with Crippen LogP contribution in [-0.4, -0.2) is 49.1 Å². The van der Waals surface area contributed by atoms with E-state index in [1.54, 1.807) is 17.0 Å². The summed E-state index contributed by atoms with van der Waals surface area (Å²) in [5, 5.41) is 2.69. The molecule has 1 aromatic heterocycles. The fraction of sp³-hybridized carbons (Fsp3) is 0.400. The Labute approximate surface area is 158 Å². The van der Waals surface area contributed by atoms with E-state index >= 15 is 0 Å². The van der Waals surface area contributed by atoms with Gasteiger partial charge in [0, 0.05) is 19.5 Å². The number of hydrogen-bond acceptors (Lipinski definition) is 5. The Kier molecular flexibility index (Phi) is 6.35. The molecule has 0 bridgehead atoms. The van der Waals surface area contributed by atoms with E-state index in [2.05, 4.69) is 5.32 Å². The normalized spacial score (nSPS) is 15.2. The lowest BCUT2D eigenvalue weighted by Crippen LogP contribution is -2.44. The molecular formula is C20H24N2O5. The van der Waals surface area contributed by atoms with E-state index in [0.29, 0.717) is 25.4 Å². The van der Waals surface area contributed by atoms with Gasteiger partial charge in [-0.2, -0.15) is 0 Å². The second-order valence-electron chi connectivity index (χ2n) is 6.32. The molecule has 0 saturated heterocycles. The third-order valence-corrected chi connectivity index (χ3v) is 4.21. The fourth-order valence-corrected chi connectivity index (χ4v) is 2.92.